The predicted octanol–water partition coefficient (Wildman–Crippen LogP) is 5.02. The fourth-order valence-electron chi connectivity index (χ4n) is 4.72. The number of carbonyl (C=O) groups is 1. The van der Waals surface area contributed by atoms with E-state index in [9.17, 15) is 4.79 Å². The summed E-state index contributed by atoms with van der Waals surface area (Å²) in [5.74, 6) is 1.01. The van der Waals surface area contributed by atoms with Crippen molar-refractivity contribution in [2.45, 2.75) is 46.1 Å². The Morgan fingerprint density at radius 3 is 2.68 bits per heavy atom. The lowest BCUT2D eigenvalue weighted by Gasteiger charge is -2.39. The largest absolute Gasteiger partial charge is 0.349 e. The smallest absolute Gasteiger partial charge is 0.253 e. The van der Waals surface area contributed by atoms with Crippen LogP contribution in [0, 0.1) is 11.3 Å². The lowest BCUT2D eigenvalue weighted by molar-refractivity contribution is 0.0876. The number of nitrogens with zero attached hydrogens (tertiary/aromatic N) is 3. The number of fused-ring (bicyclic) bond motifs is 1. The first-order valence-corrected chi connectivity index (χ1v) is 10.1. The Morgan fingerprint density at radius 1 is 1.21 bits per heavy atom. The average molecular weight is 397 g/mol. The lowest BCUT2D eigenvalue weighted by Crippen LogP contribution is -2.42. The summed E-state index contributed by atoms with van der Waals surface area (Å²) in [6.07, 6.45) is 8.34. The summed E-state index contributed by atoms with van der Waals surface area (Å²) < 4.78 is 1.82. The van der Waals surface area contributed by atoms with Crippen molar-refractivity contribution in [3.63, 3.8) is 0 Å². The highest BCUT2D eigenvalue weighted by atomic mass is 35.5. The summed E-state index contributed by atoms with van der Waals surface area (Å²) in [5.41, 5.74) is 1.62. The van der Waals surface area contributed by atoms with E-state index in [1.165, 1.54) is 6.42 Å². The molecule has 1 N–H and O–H groups in total. The van der Waals surface area contributed by atoms with E-state index in [0.717, 1.165) is 23.7 Å². The van der Waals surface area contributed by atoms with Gasteiger partial charge in [-0.2, -0.15) is 0 Å². The molecule has 2 unspecified atom stereocenters. The number of rotatable bonds is 3. The minimum absolute atomic E-state index is 0.0947. The molecular formula is C22H25ClN4O. The summed E-state index contributed by atoms with van der Waals surface area (Å²) in [5, 5.41) is 4.54. The number of benzene rings is 1. The normalized spacial score (nSPS) is 21.6. The zero-order valence-corrected chi connectivity index (χ0v) is 17.2. The van der Waals surface area contributed by atoms with Crippen LogP contribution in [0.1, 0.15) is 50.4 Å². The number of carbonyl (C=O) groups excluding carboxylic acids is 1. The summed E-state index contributed by atoms with van der Waals surface area (Å²) in [6, 6.07) is 7.54. The van der Waals surface area contributed by atoms with Crippen molar-refractivity contribution in [2.75, 3.05) is 0 Å². The standard InChI is InChI=1S/C22H25ClN4O/c1-14-10-15(12-22(2,3)11-14)26-20(28)16-13-27(21-24-8-5-9-25-21)18-7-4-6-17(23)19(16)18/h4-9,13-15H,10-12H2,1-3H3,(H,26,28). The van der Waals surface area contributed by atoms with Gasteiger partial charge < -0.3 is 5.32 Å². The maximum atomic E-state index is 13.2. The molecule has 0 bridgehead atoms. The molecule has 1 aromatic carbocycles. The van der Waals surface area contributed by atoms with Crippen LogP contribution in [0.15, 0.2) is 42.9 Å². The molecule has 1 aliphatic carbocycles. The predicted molar refractivity (Wildman–Crippen MR) is 112 cm³/mol. The molecule has 28 heavy (non-hydrogen) atoms. The summed E-state index contributed by atoms with van der Waals surface area (Å²) in [6.45, 7) is 6.81. The zero-order chi connectivity index (χ0) is 19.9. The van der Waals surface area contributed by atoms with Gasteiger partial charge in [0.25, 0.3) is 5.91 Å². The molecule has 2 aromatic heterocycles. The number of aromatic nitrogens is 3. The molecule has 5 nitrogen and oxygen atoms in total. The Bertz CT molecular complexity index is 1010. The first-order chi connectivity index (χ1) is 13.3. The fourth-order valence-corrected chi connectivity index (χ4v) is 4.99. The van der Waals surface area contributed by atoms with Crippen LogP contribution in [0.5, 0.6) is 0 Å². The Hall–Kier alpha value is -2.40. The maximum Gasteiger partial charge on any atom is 0.253 e. The van der Waals surface area contributed by atoms with Crippen molar-refractivity contribution >= 4 is 28.4 Å². The first kappa shape index (κ1) is 18.9. The molecule has 2 atom stereocenters. The van der Waals surface area contributed by atoms with Gasteiger partial charge in [-0.15, -0.1) is 0 Å². The second-order valence-corrected chi connectivity index (χ2v) is 9.09. The van der Waals surface area contributed by atoms with E-state index in [4.69, 9.17) is 11.6 Å². The monoisotopic (exact) mass is 396 g/mol. The highest BCUT2D eigenvalue weighted by Gasteiger charge is 2.33. The third-order valence-electron chi connectivity index (χ3n) is 5.51. The molecule has 0 aliphatic heterocycles. The van der Waals surface area contributed by atoms with Crippen molar-refractivity contribution in [1.29, 1.82) is 0 Å². The Morgan fingerprint density at radius 2 is 1.96 bits per heavy atom. The number of hydrogen-bond donors (Lipinski definition) is 1. The SMILES string of the molecule is CC1CC(NC(=O)c2cn(-c3ncccn3)c3cccc(Cl)c23)CC(C)(C)C1. The second kappa shape index (κ2) is 7.21. The number of nitrogens with one attached hydrogen (secondary N) is 1. The number of halogens is 1. The Kier molecular flexibility index (Phi) is 4.88. The molecule has 6 heteroatoms. The van der Waals surface area contributed by atoms with Gasteiger partial charge in [0.05, 0.1) is 16.1 Å². The number of amides is 1. The summed E-state index contributed by atoms with van der Waals surface area (Å²) >= 11 is 6.48. The molecule has 0 saturated heterocycles. The van der Waals surface area contributed by atoms with Gasteiger partial charge in [-0.05, 0) is 48.8 Å². The number of hydrogen-bond acceptors (Lipinski definition) is 3. The van der Waals surface area contributed by atoms with E-state index < -0.39 is 0 Å². The van der Waals surface area contributed by atoms with Gasteiger partial charge in [-0.1, -0.05) is 38.4 Å². The van der Waals surface area contributed by atoms with Crippen LogP contribution >= 0.6 is 11.6 Å². The van der Waals surface area contributed by atoms with Crippen LogP contribution < -0.4 is 5.32 Å². The molecule has 1 amide bonds. The van der Waals surface area contributed by atoms with Crippen molar-refractivity contribution in [3.8, 4) is 5.95 Å². The van der Waals surface area contributed by atoms with Gasteiger partial charge in [-0.25, -0.2) is 9.97 Å². The molecule has 0 radical (unpaired) electrons. The molecule has 3 aromatic rings. The van der Waals surface area contributed by atoms with Crippen LogP contribution in [0.4, 0.5) is 0 Å². The van der Waals surface area contributed by atoms with Crippen LogP contribution in [0.2, 0.25) is 5.02 Å². The average Bonchev–Trinajstić information content (AvgIpc) is 3.02. The minimum Gasteiger partial charge on any atom is -0.349 e. The maximum absolute atomic E-state index is 13.2. The van der Waals surface area contributed by atoms with Crippen LogP contribution in [0.3, 0.4) is 0 Å². The molecule has 4 rings (SSSR count). The highest BCUT2D eigenvalue weighted by Crippen LogP contribution is 2.39. The van der Waals surface area contributed by atoms with Crippen molar-refractivity contribution in [3.05, 3.63) is 53.4 Å². The van der Waals surface area contributed by atoms with Crippen LogP contribution in [0.25, 0.3) is 16.9 Å². The second-order valence-electron chi connectivity index (χ2n) is 8.68. The van der Waals surface area contributed by atoms with E-state index in [-0.39, 0.29) is 17.4 Å². The molecule has 1 fully saturated rings. The van der Waals surface area contributed by atoms with Crippen molar-refractivity contribution in [2.24, 2.45) is 11.3 Å². The van der Waals surface area contributed by atoms with E-state index in [2.05, 4.69) is 36.1 Å². The van der Waals surface area contributed by atoms with E-state index in [1.54, 1.807) is 24.7 Å². The van der Waals surface area contributed by atoms with Gasteiger partial charge in [0.2, 0.25) is 5.95 Å². The van der Waals surface area contributed by atoms with E-state index in [0.29, 0.717) is 22.5 Å². The first-order valence-electron chi connectivity index (χ1n) is 9.72. The Balaban J connectivity index is 1.71. The molecule has 2 heterocycles. The Labute approximate surface area is 170 Å². The molecule has 146 valence electrons. The zero-order valence-electron chi connectivity index (χ0n) is 16.4. The van der Waals surface area contributed by atoms with Gasteiger partial charge in [0, 0.05) is 30.0 Å². The van der Waals surface area contributed by atoms with Gasteiger partial charge in [0.15, 0.2) is 0 Å². The topological polar surface area (TPSA) is 59.8 Å². The van der Waals surface area contributed by atoms with Crippen LogP contribution in [-0.4, -0.2) is 26.5 Å². The van der Waals surface area contributed by atoms with Gasteiger partial charge in [-0.3, -0.25) is 9.36 Å². The van der Waals surface area contributed by atoms with E-state index >= 15 is 0 Å². The third kappa shape index (κ3) is 3.63. The van der Waals surface area contributed by atoms with Gasteiger partial charge in [0.1, 0.15) is 0 Å². The van der Waals surface area contributed by atoms with Crippen molar-refractivity contribution < 1.29 is 4.79 Å². The summed E-state index contributed by atoms with van der Waals surface area (Å²) in [4.78, 5) is 21.9. The van der Waals surface area contributed by atoms with Crippen LogP contribution in [-0.2, 0) is 0 Å². The summed E-state index contributed by atoms with van der Waals surface area (Å²) in [7, 11) is 0. The molecular weight excluding hydrogens is 372 g/mol. The quantitative estimate of drug-likeness (QED) is 0.676. The molecule has 1 saturated carbocycles. The lowest BCUT2D eigenvalue weighted by atomic mass is 9.70. The van der Waals surface area contributed by atoms with E-state index in [1.807, 2.05) is 22.8 Å². The molecule has 1 aliphatic rings. The fraction of sp³-hybridized carbons (Fsp3) is 0.409. The van der Waals surface area contributed by atoms with Gasteiger partial charge >= 0.3 is 0 Å². The van der Waals surface area contributed by atoms with Crippen molar-refractivity contribution in [1.82, 2.24) is 19.9 Å². The minimum atomic E-state index is -0.0947. The molecule has 0 spiro atoms. The third-order valence-corrected chi connectivity index (χ3v) is 5.83. The highest BCUT2D eigenvalue weighted by molar-refractivity contribution is 6.37.